The van der Waals surface area contributed by atoms with Gasteiger partial charge in [-0.3, -0.25) is 0 Å². The Hall–Kier alpha value is -1.54. The van der Waals surface area contributed by atoms with E-state index in [4.69, 9.17) is 27.9 Å². The third-order valence-electron chi connectivity index (χ3n) is 2.79. The van der Waals surface area contributed by atoms with E-state index in [2.05, 4.69) is 0 Å². The number of hydrogen-bond acceptors (Lipinski definition) is 1. The van der Waals surface area contributed by atoms with Crippen LogP contribution in [0.3, 0.4) is 0 Å². The van der Waals surface area contributed by atoms with E-state index in [-0.39, 0.29) is 0 Å². The maximum atomic E-state index is 5.83. The van der Waals surface area contributed by atoms with E-state index in [1.807, 2.05) is 72.8 Å². The van der Waals surface area contributed by atoms with Crippen LogP contribution in [0.1, 0.15) is 11.1 Å². The Balaban J connectivity index is 1.67. The summed E-state index contributed by atoms with van der Waals surface area (Å²) < 4.78 is 5.50. The second-order valence-electron chi connectivity index (χ2n) is 4.45. The number of hydrogen-bond donors (Lipinski definition) is 0. The Labute approximate surface area is 135 Å². The summed E-state index contributed by atoms with van der Waals surface area (Å²) in [5.41, 5.74) is 2.22. The SMILES string of the molecule is Clc1ccc(C=CCOCC=Cc2ccc(Cl)cc2)cc1. The van der Waals surface area contributed by atoms with E-state index in [1.165, 1.54) is 0 Å². The highest BCUT2D eigenvalue weighted by atomic mass is 35.5. The first-order valence-corrected chi connectivity index (χ1v) is 7.41. The van der Waals surface area contributed by atoms with Crippen LogP contribution in [0.5, 0.6) is 0 Å². The lowest BCUT2D eigenvalue weighted by atomic mass is 10.2. The Morgan fingerprint density at radius 2 is 1.05 bits per heavy atom. The topological polar surface area (TPSA) is 9.23 Å². The minimum absolute atomic E-state index is 0.577. The van der Waals surface area contributed by atoms with Crippen molar-refractivity contribution in [1.29, 1.82) is 0 Å². The third kappa shape index (κ3) is 6.17. The van der Waals surface area contributed by atoms with Crippen molar-refractivity contribution in [3.8, 4) is 0 Å². The molecule has 0 fully saturated rings. The predicted molar refractivity (Wildman–Crippen MR) is 91.8 cm³/mol. The summed E-state index contributed by atoms with van der Waals surface area (Å²) in [6, 6.07) is 15.4. The molecule has 0 spiro atoms. The third-order valence-corrected chi connectivity index (χ3v) is 3.29. The van der Waals surface area contributed by atoms with E-state index in [1.54, 1.807) is 0 Å². The molecule has 1 nitrogen and oxygen atoms in total. The second kappa shape index (κ2) is 8.68. The van der Waals surface area contributed by atoms with Crippen LogP contribution < -0.4 is 0 Å². The van der Waals surface area contributed by atoms with Gasteiger partial charge in [0.1, 0.15) is 0 Å². The van der Waals surface area contributed by atoms with Gasteiger partial charge in [0.15, 0.2) is 0 Å². The van der Waals surface area contributed by atoms with Crippen LogP contribution in [-0.2, 0) is 4.74 Å². The lowest BCUT2D eigenvalue weighted by molar-refractivity contribution is 0.195. The monoisotopic (exact) mass is 318 g/mol. The molecule has 108 valence electrons. The van der Waals surface area contributed by atoms with Gasteiger partial charge in [-0.25, -0.2) is 0 Å². The van der Waals surface area contributed by atoms with Gasteiger partial charge in [-0.05, 0) is 35.4 Å². The lowest BCUT2D eigenvalue weighted by Crippen LogP contribution is -1.90. The van der Waals surface area contributed by atoms with Gasteiger partial charge in [0.2, 0.25) is 0 Å². The van der Waals surface area contributed by atoms with Gasteiger partial charge >= 0.3 is 0 Å². The fourth-order valence-corrected chi connectivity index (χ4v) is 1.97. The molecular weight excluding hydrogens is 303 g/mol. The van der Waals surface area contributed by atoms with E-state index in [0.29, 0.717) is 13.2 Å². The minimum Gasteiger partial charge on any atom is -0.373 e. The molecule has 0 radical (unpaired) electrons. The van der Waals surface area contributed by atoms with E-state index >= 15 is 0 Å². The van der Waals surface area contributed by atoms with Crippen molar-refractivity contribution in [3.63, 3.8) is 0 Å². The summed E-state index contributed by atoms with van der Waals surface area (Å²) in [6.07, 6.45) is 8.00. The van der Waals surface area contributed by atoms with Crippen molar-refractivity contribution >= 4 is 35.4 Å². The lowest BCUT2D eigenvalue weighted by Gasteiger charge is -1.97. The summed E-state index contributed by atoms with van der Waals surface area (Å²) in [4.78, 5) is 0. The van der Waals surface area contributed by atoms with Gasteiger partial charge in [-0.15, -0.1) is 0 Å². The highest BCUT2D eigenvalue weighted by Crippen LogP contribution is 2.11. The zero-order valence-corrected chi connectivity index (χ0v) is 13.0. The first kappa shape index (κ1) is 15.8. The normalized spacial score (nSPS) is 11.5. The molecule has 0 aliphatic rings. The minimum atomic E-state index is 0.577. The predicted octanol–water partition coefficient (Wildman–Crippen LogP) is 5.74. The van der Waals surface area contributed by atoms with Gasteiger partial charge in [-0.2, -0.15) is 0 Å². The van der Waals surface area contributed by atoms with Gasteiger partial charge in [0.05, 0.1) is 13.2 Å². The Morgan fingerprint density at radius 3 is 1.43 bits per heavy atom. The zero-order valence-electron chi connectivity index (χ0n) is 11.5. The molecule has 0 aliphatic heterocycles. The molecule has 0 amide bonds. The summed E-state index contributed by atoms with van der Waals surface area (Å²) in [7, 11) is 0. The van der Waals surface area contributed by atoms with E-state index in [0.717, 1.165) is 21.2 Å². The second-order valence-corrected chi connectivity index (χ2v) is 5.32. The first-order valence-electron chi connectivity index (χ1n) is 6.66. The number of ether oxygens (including phenoxy) is 1. The fraction of sp³-hybridized carbons (Fsp3) is 0.111. The van der Waals surface area contributed by atoms with Crippen molar-refractivity contribution in [2.45, 2.75) is 0 Å². The van der Waals surface area contributed by atoms with E-state index in [9.17, 15) is 0 Å². The van der Waals surface area contributed by atoms with Crippen molar-refractivity contribution in [2.75, 3.05) is 13.2 Å². The Kier molecular flexibility index (Phi) is 6.55. The molecule has 0 atom stereocenters. The van der Waals surface area contributed by atoms with Gasteiger partial charge < -0.3 is 4.74 Å². The van der Waals surface area contributed by atoms with Gasteiger partial charge in [0, 0.05) is 10.0 Å². The first-order chi connectivity index (χ1) is 10.2. The molecular formula is C18H16Cl2O. The molecule has 0 aliphatic carbocycles. The maximum absolute atomic E-state index is 5.83. The number of halogens is 2. The smallest absolute Gasteiger partial charge is 0.0655 e. The highest BCUT2D eigenvalue weighted by Gasteiger charge is 1.88. The van der Waals surface area contributed by atoms with Crippen molar-refractivity contribution < 1.29 is 4.74 Å². The van der Waals surface area contributed by atoms with Crippen molar-refractivity contribution in [2.24, 2.45) is 0 Å². The molecule has 3 heteroatoms. The number of benzene rings is 2. The average Bonchev–Trinajstić information content (AvgIpc) is 2.50. The van der Waals surface area contributed by atoms with Gasteiger partial charge in [-0.1, -0.05) is 71.8 Å². The van der Waals surface area contributed by atoms with Crippen molar-refractivity contribution in [3.05, 3.63) is 81.9 Å². The summed E-state index contributed by atoms with van der Waals surface area (Å²) >= 11 is 11.7. The van der Waals surface area contributed by atoms with Gasteiger partial charge in [0.25, 0.3) is 0 Å². The van der Waals surface area contributed by atoms with Crippen LogP contribution in [0.15, 0.2) is 60.7 Å². The fourth-order valence-electron chi connectivity index (χ4n) is 1.72. The van der Waals surface area contributed by atoms with Crippen molar-refractivity contribution in [1.82, 2.24) is 0 Å². The van der Waals surface area contributed by atoms with E-state index < -0.39 is 0 Å². The standard InChI is InChI=1S/C18H16Cl2O/c19-17-9-5-15(6-10-17)3-1-13-21-14-2-4-16-7-11-18(20)12-8-16/h1-12H,13-14H2. The molecule has 0 saturated carbocycles. The summed E-state index contributed by atoms with van der Waals surface area (Å²) in [6.45, 7) is 1.15. The molecule has 0 N–H and O–H groups in total. The molecule has 2 aromatic rings. The molecule has 0 heterocycles. The van der Waals surface area contributed by atoms with Crippen LogP contribution in [0.4, 0.5) is 0 Å². The highest BCUT2D eigenvalue weighted by molar-refractivity contribution is 6.30. The Bertz CT molecular complexity index is 543. The molecule has 21 heavy (non-hydrogen) atoms. The molecule has 0 aromatic heterocycles. The summed E-state index contributed by atoms with van der Waals surface area (Å²) in [5.74, 6) is 0. The zero-order chi connectivity index (χ0) is 14.9. The van der Waals surface area contributed by atoms with Crippen LogP contribution in [0.2, 0.25) is 10.0 Å². The number of rotatable bonds is 6. The van der Waals surface area contributed by atoms with Crippen LogP contribution >= 0.6 is 23.2 Å². The maximum Gasteiger partial charge on any atom is 0.0655 e. The Morgan fingerprint density at radius 1 is 0.667 bits per heavy atom. The average molecular weight is 319 g/mol. The molecule has 2 rings (SSSR count). The molecule has 2 aromatic carbocycles. The molecule has 0 saturated heterocycles. The largest absolute Gasteiger partial charge is 0.373 e. The molecule has 0 unspecified atom stereocenters. The quantitative estimate of drug-likeness (QED) is 0.617. The van der Waals surface area contributed by atoms with Crippen LogP contribution in [0.25, 0.3) is 12.2 Å². The van der Waals surface area contributed by atoms with Crippen LogP contribution in [0, 0.1) is 0 Å². The van der Waals surface area contributed by atoms with Crippen LogP contribution in [-0.4, -0.2) is 13.2 Å². The molecule has 0 bridgehead atoms. The summed E-state index contributed by atoms with van der Waals surface area (Å²) in [5, 5.41) is 1.49.